The summed E-state index contributed by atoms with van der Waals surface area (Å²) >= 11 is 0. The first kappa shape index (κ1) is 14.6. The van der Waals surface area contributed by atoms with Crippen LogP contribution in [0.5, 0.6) is 0 Å². The van der Waals surface area contributed by atoms with E-state index >= 15 is 0 Å². The maximum absolute atomic E-state index is 12.1. The first-order valence-electron chi connectivity index (χ1n) is 7.41. The fourth-order valence-electron chi connectivity index (χ4n) is 2.79. The summed E-state index contributed by atoms with van der Waals surface area (Å²) < 4.78 is 5.33. The van der Waals surface area contributed by atoms with Gasteiger partial charge >= 0.3 is 0 Å². The van der Waals surface area contributed by atoms with E-state index in [9.17, 15) is 9.59 Å². The molecule has 1 aliphatic rings. The standard InChI is InChI=1S/C16H19N3O3/c17-15(20)13(19-16(21)14-6-3-7-22-14)8-10-9-18-12-5-2-1-4-11(10)12/h1-2,4-5,9,13-14,18H,3,6-8H2,(H2,17,20)(H,19,21)/t13-,14-/m0/s1. The van der Waals surface area contributed by atoms with Crippen LogP contribution >= 0.6 is 0 Å². The van der Waals surface area contributed by atoms with Crippen LogP contribution in [0.1, 0.15) is 18.4 Å². The van der Waals surface area contributed by atoms with Crippen molar-refractivity contribution >= 4 is 22.7 Å². The van der Waals surface area contributed by atoms with Crippen molar-refractivity contribution in [1.29, 1.82) is 0 Å². The van der Waals surface area contributed by atoms with E-state index in [1.165, 1.54) is 0 Å². The molecule has 1 aromatic heterocycles. The summed E-state index contributed by atoms with van der Waals surface area (Å²) in [6.45, 7) is 0.585. The van der Waals surface area contributed by atoms with Crippen LogP contribution in [0.15, 0.2) is 30.5 Å². The summed E-state index contributed by atoms with van der Waals surface area (Å²) in [6.07, 6.45) is 3.29. The topological polar surface area (TPSA) is 97.2 Å². The third-order valence-electron chi connectivity index (χ3n) is 3.98. The predicted octanol–water partition coefficient (Wildman–Crippen LogP) is 0.859. The molecule has 2 atom stereocenters. The summed E-state index contributed by atoms with van der Waals surface area (Å²) in [5.74, 6) is -0.808. The van der Waals surface area contributed by atoms with Crippen molar-refractivity contribution in [2.45, 2.75) is 31.4 Å². The van der Waals surface area contributed by atoms with Crippen molar-refractivity contribution in [3.63, 3.8) is 0 Å². The summed E-state index contributed by atoms with van der Waals surface area (Å²) in [7, 11) is 0. The van der Waals surface area contributed by atoms with E-state index in [-0.39, 0.29) is 5.91 Å². The zero-order chi connectivity index (χ0) is 15.5. The van der Waals surface area contributed by atoms with Crippen molar-refractivity contribution in [3.8, 4) is 0 Å². The number of nitrogens with one attached hydrogen (secondary N) is 2. The largest absolute Gasteiger partial charge is 0.368 e. The molecule has 0 radical (unpaired) electrons. The molecule has 0 spiro atoms. The third-order valence-corrected chi connectivity index (χ3v) is 3.98. The number of rotatable bonds is 5. The van der Waals surface area contributed by atoms with Gasteiger partial charge in [0.05, 0.1) is 0 Å². The Bertz CT molecular complexity index is 689. The zero-order valence-corrected chi connectivity index (χ0v) is 12.2. The number of para-hydroxylation sites is 1. The van der Waals surface area contributed by atoms with Crippen LogP contribution in [0.2, 0.25) is 0 Å². The molecule has 6 heteroatoms. The molecule has 2 amide bonds. The lowest BCUT2D eigenvalue weighted by molar-refractivity contribution is -0.133. The summed E-state index contributed by atoms with van der Waals surface area (Å²) in [5, 5.41) is 3.74. The minimum atomic E-state index is -0.740. The molecule has 0 bridgehead atoms. The van der Waals surface area contributed by atoms with E-state index in [4.69, 9.17) is 10.5 Å². The number of nitrogens with two attached hydrogens (primary N) is 1. The van der Waals surface area contributed by atoms with Crippen molar-refractivity contribution in [2.75, 3.05) is 6.61 Å². The number of hydrogen-bond acceptors (Lipinski definition) is 3. The number of amides is 2. The van der Waals surface area contributed by atoms with Crippen LogP contribution in [0, 0.1) is 0 Å². The first-order valence-corrected chi connectivity index (χ1v) is 7.41. The van der Waals surface area contributed by atoms with Gasteiger partial charge in [-0.15, -0.1) is 0 Å². The molecule has 0 aliphatic carbocycles. The highest BCUT2D eigenvalue weighted by Gasteiger charge is 2.27. The van der Waals surface area contributed by atoms with Crippen LogP contribution in [0.25, 0.3) is 10.9 Å². The lowest BCUT2D eigenvalue weighted by Gasteiger charge is -2.17. The van der Waals surface area contributed by atoms with Gasteiger partial charge in [-0.2, -0.15) is 0 Å². The Morgan fingerprint density at radius 3 is 2.95 bits per heavy atom. The van der Waals surface area contributed by atoms with E-state index in [0.29, 0.717) is 19.4 Å². The molecule has 1 saturated heterocycles. The molecule has 1 fully saturated rings. The van der Waals surface area contributed by atoms with Gasteiger partial charge in [0.25, 0.3) is 0 Å². The first-order chi connectivity index (χ1) is 10.6. The fourth-order valence-corrected chi connectivity index (χ4v) is 2.79. The van der Waals surface area contributed by atoms with Gasteiger partial charge in [-0.05, 0) is 24.5 Å². The van der Waals surface area contributed by atoms with Crippen LogP contribution in [-0.4, -0.2) is 35.6 Å². The molecule has 3 rings (SSSR count). The second kappa shape index (κ2) is 6.19. The smallest absolute Gasteiger partial charge is 0.249 e. The maximum atomic E-state index is 12.1. The van der Waals surface area contributed by atoms with E-state index < -0.39 is 18.1 Å². The van der Waals surface area contributed by atoms with E-state index in [2.05, 4.69) is 10.3 Å². The van der Waals surface area contributed by atoms with Crippen molar-refractivity contribution in [2.24, 2.45) is 5.73 Å². The van der Waals surface area contributed by atoms with Gasteiger partial charge in [0.1, 0.15) is 12.1 Å². The average molecular weight is 301 g/mol. The number of fused-ring (bicyclic) bond motifs is 1. The van der Waals surface area contributed by atoms with E-state index in [1.807, 2.05) is 30.5 Å². The van der Waals surface area contributed by atoms with Gasteiger partial charge in [-0.3, -0.25) is 9.59 Å². The summed E-state index contributed by atoms with van der Waals surface area (Å²) in [6, 6.07) is 7.07. The Labute approximate surface area is 128 Å². The lowest BCUT2D eigenvalue weighted by atomic mass is 10.0. The number of H-pyrrole nitrogens is 1. The highest BCUT2D eigenvalue weighted by atomic mass is 16.5. The third kappa shape index (κ3) is 2.96. The zero-order valence-electron chi connectivity index (χ0n) is 12.2. The Morgan fingerprint density at radius 1 is 1.41 bits per heavy atom. The van der Waals surface area contributed by atoms with Crippen LogP contribution in [-0.2, 0) is 20.7 Å². The Balaban J connectivity index is 1.74. The van der Waals surface area contributed by atoms with Gasteiger partial charge in [-0.25, -0.2) is 0 Å². The molecule has 4 N–H and O–H groups in total. The molecule has 22 heavy (non-hydrogen) atoms. The number of hydrogen-bond donors (Lipinski definition) is 3. The molecule has 6 nitrogen and oxygen atoms in total. The molecule has 2 heterocycles. The highest BCUT2D eigenvalue weighted by molar-refractivity contribution is 5.90. The Hall–Kier alpha value is -2.34. The molecule has 2 aromatic rings. The molecule has 1 aromatic carbocycles. The minimum Gasteiger partial charge on any atom is -0.368 e. The highest BCUT2D eigenvalue weighted by Crippen LogP contribution is 2.19. The maximum Gasteiger partial charge on any atom is 0.249 e. The number of primary amides is 1. The van der Waals surface area contributed by atoms with Gasteiger partial charge in [-0.1, -0.05) is 18.2 Å². The molecule has 116 valence electrons. The fraction of sp³-hybridized carbons (Fsp3) is 0.375. The lowest BCUT2D eigenvalue weighted by Crippen LogP contribution is -2.49. The number of carbonyl (C=O) groups excluding carboxylic acids is 2. The normalized spacial score (nSPS) is 19.2. The summed E-state index contributed by atoms with van der Waals surface area (Å²) in [4.78, 5) is 26.9. The van der Waals surface area contributed by atoms with Crippen LogP contribution < -0.4 is 11.1 Å². The molecular weight excluding hydrogens is 282 g/mol. The van der Waals surface area contributed by atoms with Crippen molar-refractivity contribution < 1.29 is 14.3 Å². The molecule has 0 saturated carbocycles. The van der Waals surface area contributed by atoms with Gasteiger partial charge in [0.2, 0.25) is 11.8 Å². The molecular formula is C16H19N3O3. The minimum absolute atomic E-state index is 0.263. The SMILES string of the molecule is NC(=O)[C@H](Cc1c[nH]c2ccccc12)NC(=O)[C@@H]1CCCO1. The predicted molar refractivity (Wildman–Crippen MR) is 82.1 cm³/mol. The second-order valence-corrected chi connectivity index (χ2v) is 5.53. The Morgan fingerprint density at radius 2 is 2.23 bits per heavy atom. The van der Waals surface area contributed by atoms with Crippen LogP contribution in [0.3, 0.4) is 0 Å². The van der Waals surface area contributed by atoms with Crippen molar-refractivity contribution in [3.05, 3.63) is 36.0 Å². The quantitative estimate of drug-likeness (QED) is 0.764. The second-order valence-electron chi connectivity index (χ2n) is 5.53. The average Bonchev–Trinajstić information content (AvgIpc) is 3.16. The molecule has 1 aliphatic heterocycles. The van der Waals surface area contributed by atoms with Crippen LogP contribution in [0.4, 0.5) is 0 Å². The van der Waals surface area contributed by atoms with E-state index in [1.54, 1.807) is 0 Å². The number of aromatic nitrogens is 1. The number of aromatic amines is 1. The Kier molecular flexibility index (Phi) is 4.11. The van der Waals surface area contributed by atoms with Gasteiger partial charge in [0, 0.05) is 30.1 Å². The van der Waals surface area contributed by atoms with Gasteiger partial charge < -0.3 is 20.8 Å². The van der Waals surface area contributed by atoms with Crippen molar-refractivity contribution in [1.82, 2.24) is 10.3 Å². The van der Waals surface area contributed by atoms with Gasteiger partial charge in [0.15, 0.2) is 0 Å². The number of benzene rings is 1. The molecule has 0 unspecified atom stereocenters. The number of carbonyl (C=O) groups is 2. The van der Waals surface area contributed by atoms with E-state index in [0.717, 1.165) is 22.9 Å². The monoisotopic (exact) mass is 301 g/mol. The number of ether oxygens (including phenoxy) is 1. The summed E-state index contributed by atoms with van der Waals surface area (Å²) in [5.41, 5.74) is 7.38.